The normalized spacial score (nSPS) is 11.8. The third-order valence-corrected chi connectivity index (χ3v) is 5.31. The van der Waals surface area contributed by atoms with Crippen LogP contribution in [0, 0.1) is 6.92 Å². The molecule has 0 radical (unpaired) electrons. The highest BCUT2D eigenvalue weighted by molar-refractivity contribution is 7.98. The zero-order valence-corrected chi connectivity index (χ0v) is 16.5. The molecule has 2 rings (SSSR count). The molecule has 134 valence electrons. The molecule has 0 aliphatic heterocycles. The Labute approximate surface area is 163 Å². The smallest absolute Gasteiger partial charge is 0.260 e. The fourth-order valence-corrected chi connectivity index (χ4v) is 3.76. The Bertz CT molecular complexity index is 704. The summed E-state index contributed by atoms with van der Waals surface area (Å²) in [5.74, 6) is 2.08. The van der Waals surface area contributed by atoms with E-state index in [1.807, 2.05) is 49.4 Å². The van der Waals surface area contributed by atoms with Crippen molar-refractivity contribution in [3.8, 4) is 5.75 Å². The molecule has 1 amide bonds. The highest BCUT2D eigenvalue weighted by Gasteiger charge is 2.14. The Morgan fingerprint density at radius 1 is 1.16 bits per heavy atom. The number of nitrogens with one attached hydrogen (secondary N) is 1. The second-order valence-electron chi connectivity index (χ2n) is 5.57. The number of thioether (sulfide) groups is 1. The van der Waals surface area contributed by atoms with Crippen molar-refractivity contribution in [2.75, 3.05) is 12.3 Å². The largest absolute Gasteiger partial charge is 0.481 e. The predicted molar refractivity (Wildman–Crippen MR) is 107 cm³/mol. The topological polar surface area (TPSA) is 38.3 Å². The summed E-state index contributed by atoms with van der Waals surface area (Å²) >= 11 is 14.0. The van der Waals surface area contributed by atoms with Crippen LogP contribution in [0.3, 0.4) is 0 Å². The van der Waals surface area contributed by atoms with Gasteiger partial charge in [-0.05, 0) is 43.2 Å². The minimum atomic E-state index is -0.538. The van der Waals surface area contributed by atoms with E-state index in [0.717, 1.165) is 22.6 Å². The molecule has 0 saturated heterocycles. The van der Waals surface area contributed by atoms with E-state index in [1.54, 1.807) is 18.7 Å². The molecule has 3 nitrogen and oxygen atoms in total. The standard InChI is InChI=1S/C19H21Cl2NO2S/c1-13-6-3-4-9-18(13)24-14(2)19(23)22-10-11-25-12-15-16(20)7-5-8-17(15)21/h3-9,14H,10-12H2,1-2H3,(H,22,23)/t14-/m0/s1. The number of halogens is 2. The van der Waals surface area contributed by atoms with Gasteiger partial charge in [-0.3, -0.25) is 4.79 Å². The quantitative estimate of drug-likeness (QED) is 0.628. The Morgan fingerprint density at radius 3 is 2.52 bits per heavy atom. The van der Waals surface area contributed by atoms with Gasteiger partial charge < -0.3 is 10.1 Å². The first kappa shape index (κ1) is 20.0. The highest BCUT2D eigenvalue weighted by atomic mass is 35.5. The lowest BCUT2D eigenvalue weighted by Gasteiger charge is -2.16. The van der Waals surface area contributed by atoms with Crippen LogP contribution < -0.4 is 10.1 Å². The number of hydrogen-bond donors (Lipinski definition) is 1. The van der Waals surface area contributed by atoms with Crippen LogP contribution in [-0.2, 0) is 10.5 Å². The molecule has 0 fully saturated rings. The van der Waals surface area contributed by atoms with Gasteiger partial charge in [-0.15, -0.1) is 0 Å². The molecule has 25 heavy (non-hydrogen) atoms. The molecular formula is C19H21Cl2NO2S. The predicted octanol–water partition coefficient (Wildman–Crippen LogP) is 5.12. The summed E-state index contributed by atoms with van der Waals surface area (Å²) in [6, 6.07) is 13.1. The van der Waals surface area contributed by atoms with Crippen molar-refractivity contribution in [1.29, 1.82) is 0 Å². The summed E-state index contributed by atoms with van der Waals surface area (Å²) in [6.07, 6.45) is -0.538. The van der Waals surface area contributed by atoms with Crippen molar-refractivity contribution in [3.05, 3.63) is 63.6 Å². The molecule has 0 bridgehead atoms. The Hall–Kier alpha value is -1.36. The summed E-state index contributed by atoms with van der Waals surface area (Å²) in [7, 11) is 0. The zero-order chi connectivity index (χ0) is 18.2. The van der Waals surface area contributed by atoms with Crippen LogP contribution in [-0.4, -0.2) is 24.3 Å². The number of benzene rings is 2. The van der Waals surface area contributed by atoms with Gasteiger partial charge in [0.25, 0.3) is 5.91 Å². The average molecular weight is 398 g/mol. The number of carbonyl (C=O) groups excluding carboxylic acids is 1. The minimum absolute atomic E-state index is 0.125. The van der Waals surface area contributed by atoms with Crippen molar-refractivity contribution in [2.24, 2.45) is 0 Å². The number of hydrogen-bond acceptors (Lipinski definition) is 3. The van der Waals surface area contributed by atoms with E-state index < -0.39 is 6.10 Å². The van der Waals surface area contributed by atoms with Crippen LogP contribution in [0.1, 0.15) is 18.1 Å². The Kier molecular flexibility index (Phi) is 7.94. The molecule has 6 heteroatoms. The number of para-hydroxylation sites is 1. The Morgan fingerprint density at radius 2 is 1.84 bits per heavy atom. The van der Waals surface area contributed by atoms with Gasteiger partial charge in [-0.25, -0.2) is 0 Å². The SMILES string of the molecule is Cc1ccccc1O[C@@H](C)C(=O)NCCSCc1c(Cl)cccc1Cl. The lowest BCUT2D eigenvalue weighted by Crippen LogP contribution is -2.37. The van der Waals surface area contributed by atoms with Gasteiger partial charge in [0.1, 0.15) is 5.75 Å². The average Bonchev–Trinajstić information content (AvgIpc) is 2.58. The van der Waals surface area contributed by atoms with Gasteiger partial charge in [0, 0.05) is 28.1 Å². The second-order valence-corrected chi connectivity index (χ2v) is 7.49. The lowest BCUT2D eigenvalue weighted by molar-refractivity contribution is -0.127. The number of rotatable bonds is 8. The second kappa shape index (κ2) is 9.95. The maximum atomic E-state index is 12.1. The first-order chi connectivity index (χ1) is 12.0. The third kappa shape index (κ3) is 6.14. The first-order valence-corrected chi connectivity index (χ1v) is 9.90. The molecule has 0 spiro atoms. The molecule has 0 unspecified atom stereocenters. The molecule has 1 N–H and O–H groups in total. The van der Waals surface area contributed by atoms with Crippen molar-refractivity contribution in [1.82, 2.24) is 5.32 Å². The molecule has 1 atom stereocenters. The number of carbonyl (C=O) groups is 1. The first-order valence-electron chi connectivity index (χ1n) is 7.99. The monoisotopic (exact) mass is 397 g/mol. The van der Waals surface area contributed by atoms with E-state index in [9.17, 15) is 4.79 Å². The molecular weight excluding hydrogens is 377 g/mol. The fraction of sp³-hybridized carbons (Fsp3) is 0.316. The number of ether oxygens (including phenoxy) is 1. The van der Waals surface area contributed by atoms with E-state index >= 15 is 0 Å². The van der Waals surface area contributed by atoms with E-state index in [0.29, 0.717) is 22.3 Å². The minimum Gasteiger partial charge on any atom is -0.481 e. The van der Waals surface area contributed by atoms with Gasteiger partial charge in [0.05, 0.1) is 0 Å². The summed E-state index contributed by atoms with van der Waals surface area (Å²) in [5.41, 5.74) is 1.94. The van der Waals surface area contributed by atoms with Crippen LogP contribution in [0.2, 0.25) is 10.0 Å². The molecule has 0 aromatic heterocycles. The van der Waals surface area contributed by atoms with Crippen molar-refractivity contribution < 1.29 is 9.53 Å². The van der Waals surface area contributed by atoms with E-state index in [4.69, 9.17) is 27.9 Å². The van der Waals surface area contributed by atoms with E-state index in [-0.39, 0.29) is 5.91 Å². The van der Waals surface area contributed by atoms with Crippen LogP contribution in [0.25, 0.3) is 0 Å². The number of amides is 1. The van der Waals surface area contributed by atoms with Crippen LogP contribution in [0.5, 0.6) is 5.75 Å². The van der Waals surface area contributed by atoms with Gasteiger partial charge in [0.15, 0.2) is 6.10 Å². The molecule has 2 aromatic carbocycles. The lowest BCUT2D eigenvalue weighted by atomic mass is 10.2. The summed E-state index contributed by atoms with van der Waals surface area (Å²) in [5, 5.41) is 4.23. The van der Waals surface area contributed by atoms with Crippen molar-refractivity contribution >= 4 is 40.9 Å². The molecule has 2 aromatic rings. The van der Waals surface area contributed by atoms with Crippen LogP contribution >= 0.6 is 35.0 Å². The summed E-state index contributed by atoms with van der Waals surface area (Å²) in [4.78, 5) is 12.1. The van der Waals surface area contributed by atoms with Crippen molar-refractivity contribution in [3.63, 3.8) is 0 Å². The van der Waals surface area contributed by atoms with E-state index in [1.165, 1.54) is 0 Å². The summed E-state index contributed by atoms with van der Waals surface area (Å²) in [6.45, 7) is 4.27. The molecule has 0 aliphatic carbocycles. The highest BCUT2D eigenvalue weighted by Crippen LogP contribution is 2.28. The van der Waals surface area contributed by atoms with Gasteiger partial charge in [-0.1, -0.05) is 47.5 Å². The molecule has 0 saturated carbocycles. The van der Waals surface area contributed by atoms with Gasteiger partial charge in [0.2, 0.25) is 0 Å². The maximum Gasteiger partial charge on any atom is 0.260 e. The Balaban J connectivity index is 1.71. The zero-order valence-electron chi connectivity index (χ0n) is 14.2. The molecule has 0 aliphatic rings. The fourth-order valence-electron chi connectivity index (χ4n) is 2.17. The van der Waals surface area contributed by atoms with Gasteiger partial charge in [-0.2, -0.15) is 11.8 Å². The van der Waals surface area contributed by atoms with Gasteiger partial charge >= 0.3 is 0 Å². The molecule has 0 heterocycles. The summed E-state index contributed by atoms with van der Waals surface area (Å²) < 4.78 is 5.71. The van der Waals surface area contributed by atoms with Crippen LogP contribution in [0.15, 0.2) is 42.5 Å². The van der Waals surface area contributed by atoms with E-state index in [2.05, 4.69) is 5.32 Å². The number of aryl methyl sites for hydroxylation is 1. The van der Waals surface area contributed by atoms with Crippen LogP contribution in [0.4, 0.5) is 0 Å². The third-order valence-electron chi connectivity index (χ3n) is 3.62. The van der Waals surface area contributed by atoms with Crippen molar-refractivity contribution in [2.45, 2.75) is 25.7 Å². The maximum absolute atomic E-state index is 12.1.